The van der Waals surface area contributed by atoms with Crippen LogP contribution >= 0.6 is 0 Å². The average Bonchev–Trinajstić information content (AvgIpc) is 2.51. The lowest BCUT2D eigenvalue weighted by molar-refractivity contribution is -0.122. The molecule has 1 aromatic rings. The average molecular weight is 347 g/mol. The fraction of sp³-hybridized carbons (Fsp3) is 0.667. The van der Waals surface area contributed by atoms with Crippen molar-refractivity contribution in [1.29, 1.82) is 0 Å². The van der Waals surface area contributed by atoms with Gasteiger partial charge in [-0.15, -0.1) is 0 Å². The number of rotatable bonds is 6. The lowest BCUT2D eigenvalue weighted by atomic mass is 9.99. The minimum absolute atomic E-state index is 0.0677. The molecular formula is C21H34N2O2. The quantitative estimate of drug-likeness (QED) is 0.860. The maximum Gasteiger partial charge on any atom is 0.220 e. The van der Waals surface area contributed by atoms with Gasteiger partial charge in [0.25, 0.3) is 0 Å². The summed E-state index contributed by atoms with van der Waals surface area (Å²) in [6.07, 6.45) is 1.81. The van der Waals surface area contributed by atoms with Crippen LogP contribution in [0.1, 0.15) is 50.8 Å². The fourth-order valence-corrected chi connectivity index (χ4v) is 3.56. The van der Waals surface area contributed by atoms with E-state index < -0.39 is 0 Å². The molecule has 25 heavy (non-hydrogen) atoms. The predicted molar refractivity (Wildman–Crippen MR) is 103 cm³/mol. The first-order valence-electron chi connectivity index (χ1n) is 9.41. The van der Waals surface area contributed by atoms with E-state index in [1.54, 1.807) is 0 Å². The van der Waals surface area contributed by atoms with E-state index in [1.807, 2.05) is 0 Å². The van der Waals surface area contributed by atoms with Crippen LogP contribution in [-0.2, 0) is 16.0 Å². The van der Waals surface area contributed by atoms with E-state index in [0.29, 0.717) is 13.0 Å². The molecule has 2 atom stereocenters. The van der Waals surface area contributed by atoms with E-state index in [0.717, 1.165) is 19.5 Å². The van der Waals surface area contributed by atoms with Crippen LogP contribution in [0.5, 0.6) is 0 Å². The Morgan fingerprint density at radius 2 is 1.88 bits per heavy atom. The zero-order chi connectivity index (χ0) is 18.6. The topological polar surface area (TPSA) is 41.6 Å². The number of hydrogen-bond donors (Lipinski definition) is 1. The first-order chi connectivity index (χ1) is 11.7. The van der Waals surface area contributed by atoms with Crippen molar-refractivity contribution >= 4 is 5.91 Å². The highest BCUT2D eigenvalue weighted by Crippen LogP contribution is 2.20. The molecule has 4 nitrogen and oxygen atoms in total. The number of aryl methyl sites for hydroxylation is 3. The lowest BCUT2D eigenvalue weighted by Gasteiger charge is -2.45. The van der Waals surface area contributed by atoms with Gasteiger partial charge >= 0.3 is 0 Å². The van der Waals surface area contributed by atoms with Crippen LogP contribution in [0.25, 0.3) is 0 Å². The smallest absolute Gasteiger partial charge is 0.220 e. The molecule has 0 saturated carbocycles. The number of ether oxygens (including phenoxy) is 1. The predicted octanol–water partition coefficient (Wildman–Crippen LogP) is 3.24. The molecule has 0 spiro atoms. The Balaban J connectivity index is 1.82. The molecule has 0 aliphatic carbocycles. The minimum Gasteiger partial charge on any atom is -0.373 e. The van der Waals surface area contributed by atoms with Gasteiger partial charge in [-0.1, -0.05) is 23.8 Å². The van der Waals surface area contributed by atoms with Crippen LogP contribution < -0.4 is 5.32 Å². The molecule has 0 aromatic heterocycles. The van der Waals surface area contributed by atoms with Gasteiger partial charge in [0.2, 0.25) is 5.91 Å². The summed E-state index contributed by atoms with van der Waals surface area (Å²) in [4.78, 5) is 14.7. The van der Waals surface area contributed by atoms with Crippen LogP contribution in [-0.4, -0.2) is 48.2 Å². The largest absolute Gasteiger partial charge is 0.373 e. The Morgan fingerprint density at radius 3 is 2.48 bits per heavy atom. The maximum atomic E-state index is 12.3. The summed E-state index contributed by atoms with van der Waals surface area (Å²) in [6, 6.07) is 6.43. The fourth-order valence-electron chi connectivity index (χ4n) is 3.56. The highest BCUT2D eigenvalue weighted by atomic mass is 16.5. The Morgan fingerprint density at radius 1 is 1.24 bits per heavy atom. The van der Waals surface area contributed by atoms with Gasteiger partial charge in [0.05, 0.1) is 12.2 Å². The molecule has 1 aliphatic heterocycles. The molecule has 1 aromatic carbocycles. The Bertz CT molecular complexity index is 588. The van der Waals surface area contributed by atoms with Gasteiger partial charge in [-0.25, -0.2) is 0 Å². The van der Waals surface area contributed by atoms with E-state index >= 15 is 0 Å². The zero-order valence-corrected chi connectivity index (χ0v) is 16.7. The monoisotopic (exact) mass is 346 g/mol. The Hall–Kier alpha value is -1.39. The van der Waals surface area contributed by atoms with E-state index in [4.69, 9.17) is 4.74 Å². The molecule has 0 unspecified atom stereocenters. The molecule has 1 aliphatic rings. The van der Waals surface area contributed by atoms with Gasteiger partial charge in [0.15, 0.2) is 0 Å². The standard InChI is InChI=1S/C21H34N2O2/c1-15-7-8-19(16(2)11-15)9-10-20(24)22-14-21(5,6)23-12-17(3)25-18(4)13-23/h7-8,11,17-18H,9-10,12-14H2,1-6H3,(H,22,24)/t17-,18+. The maximum absolute atomic E-state index is 12.3. The summed E-state index contributed by atoms with van der Waals surface area (Å²) in [6.45, 7) is 15.3. The summed E-state index contributed by atoms with van der Waals surface area (Å²) in [5, 5.41) is 3.13. The highest BCUT2D eigenvalue weighted by molar-refractivity contribution is 5.76. The van der Waals surface area contributed by atoms with Crippen LogP contribution in [0.15, 0.2) is 18.2 Å². The van der Waals surface area contributed by atoms with Gasteiger partial charge in [0, 0.05) is 31.6 Å². The molecule has 0 bridgehead atoms. The number of benzene rings is 1. The minimum atomic E-state index is -0.0677. The zero-order valence-electron chi connectivity index (χ0n) is 16.7. The number of morpholine rings is 1. The number of carbonyl (C=O) groups is 1. The lowest BCUT2D eigenvalue weighted by Crippen LogP contribution is -2.58. The third-order valence-corrected chi connectivity index (χ3v) is 5.11. The number of nitrogens with zero attached hydrogens (tertiary/aromatic N) is 1. The van der Waals surface area contributed by atoms with Crippen molar-refractivity contribution in [2.24, 2.45) is 0 Å². The first-order valence-corrected chi connectivity index (χ1v) is 9.41. The Labute approximate surface area is 152 Å². The summed E-state index contributed by atoms with van der Waals surface area (Å²) in [5.74, 6) is 0.127. The second kappa shape index (κ2) is 8.33. The van der Waals surface area contributed by atoms with Crippen molar-refractivity contribution in [1.82, 2.24) is 10.2 Å². The highest BCUT2D eigenvalue weighted by Gasteiger charge is 2.33. The van der Waals surface area contributed by atoms with E-state index in [-0.39, 0.29) is 23.7 Å². The number of hydrogen-bond acceptors (Lipinski definition) is 3. The van der Waals surface area contributed by atoms with Crippen molar-refractivity contribution in [2.75, 3.05) is 19.6 Å². The van der Waals surface area contributed by atoms with Gasteiger partial charge < -0.3 is 10.1 Å². The molecule has 0 radical (unpaired) electrons. The van der Waals surface area contributed by atoms with Crippen molar-refractivity contribution in [3.63, 3.8) is 0 Å². The van der Waals surface area contributed by atoms with Crippen LogP contribution in [0, 0.1) is 13.8 Å². The third kappa shape index (κ3) is 5.82. The number of nitrogens with one attached hydrogen (secondary N) is 1. The van der Waals surface area contributed by atoms with E-state index in [2.05, 4.69) is 70.0 Å². The summed E-state index contributed by atoms with van der Waals surface area (Å²) < 4.78 is 5.82. The molecule has 140 valence electrons. The van der Waals surface area contributed by atoms with E-state index in [1.165, 1.54) is 16.7 Å². The van der Waals surface area contributed by atoms with Gasteiger partial charge in [-0.2, -0.15) is 0 Å². The van der Waals surface area contributed by atoms with E-state index in [9.17, 15) is 4.79 Å². The van der Waals surface area contributed by atoms with Crippen LogP contribution in [0.3, 0.4) is 0 Å². The first kappa shape index (κ1) is 19.9. The number of amides is 1. The van der Waals surface area contributed by atoms with Crippen molar-refractivity contribution in [3.05, 3.63) is 34.9 Å². The Kier molecular flexibility index (Phi) is 6.64. The van der Waals surface area contributed by atoms with Crippen molar-refractivity contribution < 1.29 is 9.53 Å². The third-order valence-electron chi connectivity index (χ3n) is 5.11. The van der Waals surface area contributed by atoms with Gasteiger partial charge in [-0.05, 0) is 59.1 Å². The second-order valence-corrected chi connectivity index (χ2v) is 8.18. The van der Waals surface area contributed by atoms with Crippen molar-refractivity contribution in [3.8, 4) is 0 Å². The molecule has 1 N–H and O–H groups in total. The molecular weight excluding hydrogens is 312 g/mol. The molecule has 1 fully saturated rings. The SMILES string of the molecule is Cc1ccc(CCC(=O)NCC(C)(C)N2C[C@@H](C)O[C@@H](C)C2)c(C)c1. The molecule has 1 saturated heterocycles. The summed E-state index contributed by atoms with van der Waals surface area (Å²) in [7, 11) is 0. The second-order valence-electron chi connectivity index (χ2n) is 8.18. The molecule has 1 amide bonds. The molecule has 4 heteroatoms. The van der Waals surface area contributed by atoms with Gasteiger partial charge in [0.1, 0.15) is 0 Å². The van der Waals surface area contributed by atoms with Crippen LogP contribution in [0.2, 0.25) is 0 Å². The molecule has 1 heterocycles. The van der Waals surface area contributed by atoms with Crippen LogP contribution in [0.4, 0.5) is 0 Å². The normalized spacial score (nSPS) is 22.0. The molecule has 2 rings (SSSR count). The summed E-state index contributed by atoms with van der Waals surface area (Å²) in [5.41, 5.74) is 3.73. The summed E-state index contributed by atoms with van der Waals surface area (Å²) >= 11 is 0. The van der Waals surface area contributed by atoms with Gasteiger partial charge in [-0.3, -0.25) is 9.69 Å². The number of carbonyl (C=O) groups excluding carboxylic acids is 1. The van der Waals surface area contributed by atoms with Crippen molar-refractivity contribution in [2.45, 2.75) is 72.1 Å².